The summed E-state index contributed by atoms with van der Waals surface area (Å²) in [6, 6.07) is 12.6. The molecular weight excluding hydrogens is 433 g/mol. The molecule has 5 nitrogen and oxygen atoms in total. The van der Waals surface area contributed by atoms with E-state index in [0.717, 1.165) is 17.7 Å². The highest BCUT2D eigenvalue weighted by Crippen LogP contribution is 2.31. The second-order valence-electron chi connectivity index (χ2n) is 7.04. The van der Waals surface area contributed by atoms with Crippen LogP contribution in [0.15, 0.2) is 36.4 Å². The van der Waals surface area contributed by atoms with Crippen molar-refractivity contribution in [3.05, 3.63) is 62.6 Å². The first-order valence-corrected chi connectivity index (χ1v) is 10.3. The summed E-state index contributed by atoms with van der Waals surface area (Å²) in [4.78, 5) is 16.0. The minimum Gasteiger partial charge on any atom is -0.384 e. The summed E-state index contributed by atoms with van der Waals surface area (Å²) < 4.78 is 0. The number of benzene rings is 2. The Morgan fingerprint density at radius 2 is 2.03 bits per heavy atom. The molecule has 1 aliphatic heterocycles. The van der Waals surface area contributed by atoms with E-state index in [0.29, 0.717) is 40.3 Å². The Hall–Kier alpha value is -1.97. The maximum Gasteiger partial charge on any atom is 0.251 e. The van der Waals surface area contributed by atoms with Crippen LogP contribution in [0.1, 0.15) is 24.5 Å². The summed E-state index contributed by atoms with van der Waals surface area (Å²) in [7, 11) is 0. The molecule has 0 radical (unpaired) electrons. The Morgan fingerprint density at radius 3 is 2.69 bits per heavy atom. The van der Waals surface area contributed by atoms with Crippen molar-refractivity contribution < 1.29 is 9.90 Å². The van der Waals surface area contributed by atoms with Crippen molar-refractivity contribution in [2.75, 3.05) is 18.0 Å². The van der Waals surface area contributed by atoms with Crippen LogP contribution in [-0.2, 0) is 11.3 Å². The molecule has 1 N–H and O–H groups in total. The van der Waals surface area contributed by atoms with Gasteiger partial charge in [0.05, 0.1) is 10.6 Å². The van der Waals surface area contributed by atoms with Crippen LogP contribution in [0.5, 0.6) is 0 Å². The normalized spacial score (nSPS) is 17.1. The fourth-order valence-corrected chi connectivity index (χ4v) is 4.10. The zero-order chi connectivity index (χ0) is 21.1. The van der Waals surface area contributed by atoms with Gasteiger partial charge in [-0.3, -0.25) is 4.79 Å². The van der Waals surface area contributed by atoms with Crippen molar-refractivity contribution in [2.24, 2.45) is 0 Å². The molecule has 1 fully saturated rings. The van der Waals surface area contributed by atoms with Crippen LogP contribution in [0.25, 0.3) is 0 Å². The SMILES string of the molecule is C[C@@H](O)C(=O)N1CC[C@H](N(Cc2cc(Cl)ccc2Cl)c2ccc(C#N)c(Cl)c2)C1. The lowest BCUT2D eigenvalue weighted by atomic mass is 10.1. The lowest BCUT2D eigenvalue weighted by Crippen LogP contribution is -2.41. The summed E-state index contributed by atoms with van der Waals surface area (Å²) in [5.74, 6) is -0.286. The van der Waals surface area contributed by atoms with E-state index in [1.54, 1.807) is 29.2 Å². The smallest absolute Gasteiger partial charge is 0.251 e. The first-order valence-electron chi connectivity index (χ1n) is 9.17. The van der Waals surface area contributed by atoms with Gasteiger partial charge in [0.15, 0.2) is 0 Å². The van der Waals surface area contributed by atoms with E-state index in [4.69, 9.17) is 40.1 Å². The number of aliphatic hydroxyl groups is 1. The standard InChI is InChI=1S/C21H20Cl3N3O2/c1-13(28)21(29)26-7-6-18(12-26)27(11-15-8-16(22)3-5-19(15)23)17-4-2-14(10-25)20(24)9-17/h2-5,8-9,13,18,28H,6-7,11-12H2,1H3/t13-,18+/m1/s1. The Balaban J connectivity index is 1.94. The van der Waals surface area contributed by atoms with Gasteiger partial charge < -0.3 is 14.9 Å². The second-order valence-corrected chi connectivity index (χ2v) is 8.29. The molecule has 0 aromatic heterocycles. The summed E-state index contributed by atoms with van der Waals surface area (Å²) in [5.41, 5.74) is 2.06. The summed E-state index contributed by atoms with van der Waals surface area (Å²) in [6.45, 7) is 2.96. The average Bonchev–Trinajstić information content (AvgIpc) is 3.17. The zero-order valence-electron chi connectivity index (χ0n) is 15.8. The van der Waals surface area contributed by atoms with E-state index in [1.807, 2.05) is 12.1 Å². The Morgan fingerprint density at radius 1 is 1.28 bits per heavy atom. The molecule has 2 aromatic carbocycles. The molecule has 1 aliphatic rings. The van der Waals surface area contributed by atoms with E-state index < -0.39 is 6.10 Å². The van der Waals surface area contributed by atoms with Crippen molar-refractivity contribution in [3.63, 3.8) is 0 Å². The number of carbonyl (C=O) groups excluding carboxylic acids is 1. The van der Waals surface area contributed by atoms with Gasteiger partial charge in [-0.1, -0.05) is 34.8 Å². The first-order chi connectivity index (χ1) is 13.8. The molecule has 1 saturated heterocycles. The van der Waals surface area contributed by atoms with Gasteiger partial charge in [-0.05, 0) is 55.3 Å². The minimum atomic E-state index is -1.03. The van der Waals surface area contributed by atoms with Gasteiger partial charge in [-0.2, -0.15) is 5.26 Å². The number of anilines is 1. The topological polar surface area (TPSA) is 67.6 Å². The van der Waals surface area contributed by atoms with E-state index in [9.17, 15) is 9.90 Å². The number of nitrogens with zero attached hydrogens (tertiary/aromatic N) is 3. The molecule has 1 heterocycles. The monoisotopic (exact) mass is 451 g/mol. The highest BCUT2D eigenvalue weighted by atomic mass is 35.5. The Labute approximate surface area is 185 Å². The molecule has 0 saturated carbocycles. The molecule has 1 amide bonds. The van der Waals surface area contributed by atoms with Crippen molar-refractivity contribution in [3.8, 4) is 6.07 Å². The van der Waals surface area contributed by atoms with Crippen LogP contribution in [-0.4, -0.2) is 41.1 Å². The number of rotatable bonds is 5. The van der Waals surface area contributed by atoms with Crippen LogP contribution in [0.3, 0.4) is 0 Å². The Kier molecular flexibility index (Phi) is 6.92. The molecule has 0 aliphatic carbocycles. The van der Waals surface area contributed by atoms with Gasteiger partial charge in [-0.15, -0.1) is 0 Å². The third kappa shape index (κ3) is 4.96. The number of hydrogen-bond acceptors (Lipinski definition) is 4. The zero-order valence-corrected chi connectivity index (χ0v) is 18.0. The summed E-state index contributed by atoms with van der Waals surface area (Å²) >= 11 is 18.8. The fraction of sp³-hybridized carbons (Fsp3) is 0.333. The highest BCUT2D eigenvalue weighted by Gasteiger charge is 2.32. The van der Waals surface area contributed by atoms with E-state index in [2.05, 4.69) is 11.0 Å². The molecule has 0 bridgehead atoms. The molecule has 8 heteroatoms. The molecule has 3 rings (SSSR count). The molecular formula is C21H20Cl3N3O2. The fourth-order valence-electron chi connectivity index (χ4n) is 3.51. The van der Waals surface area contributed by atoms with Gasteiger partial charge >= 0.3 is 0 Å². The van der Waals surface area contributed by atoms with Crippen LogP contribution >= 0.6 is 34.8 Å². The summed E-state index contributed by atoms with van der Waals surface area (Å²) in [5, 5.41) is 20.3. The lowest BCUT2D eigenvalue weighted by molar-refractivity contribution is -0.138. The predicted octanol–water partition coefficient (Wildman–Crippen LogP) is 4.51. The van der Waals surface area contributed by atoms with Crippen molar-refractivity contribution in [1.82, 2.24) is 4.90 Å². The van der Waals surface area contributed by atoms with Crippen LogP contribution in [0.2, 0.25) is 15.1 Å². The predicted molar refractivity (Wildman–Crippen MR) is 115 cm³/mol. The van der Waals surface area contributed by atoms with Gasteiger partial charge in [0.25, 0.3) is 5.91 Å². The molecule has 2 atom stereocenters. The van der Waals surface area contributed by atoms with E-state index >= 15 is 0 Å². The van der Waals surface area contributed by atoms with E-state index in [1.165, 1.54) is 6.92 Å². The third-order valence-electron chi connectivity index (χ3n) is 5.03. The number of aliphatic hydroxyl groups excluding tert-OH is 1. The van der Waals surface area contributed by atoms with Gasteiger partial charge in [0.2, 0.25) is 0 Å². The number of amides is 1. The van der Waals surface area contributed by atoms with Crippen molar-refractivity contribution in [2.45, 2.75) is 32.0 Å². The minimum absolute atomic E-state index is 0.00301. The number of carbonyl (C=O) groups is 1. The Bertz CT molecular complexity index is 959. The number of hydrogen-bond donors (Lipinski definition) is 1. The molecule has 29 heavy (non-hydrogen) atoms. The number of likely N-dealkylation sites (tertiary alicyclic amines) is 1. The molecule has 0 unspecified atom stereocenters. The van der Waals surface area contributed by atoms with Gasteiger partial charge in [-0.25, -0.2) is 0 Å². The maximum atomic E-state index is 12.2. The summed E-state index contributed by atoms with van der Waals surface area (Å²) in [6.07, 6.45) is -0.303. The van der Waals surface area contributed by atoms with Crippen molar-refractivity contribution in [1.29, 1.82) is 5.26 Å². The number of halogens is 3. The molecule has 0 spiro atoms. The molecule has 2 aromatic rings. The van der Waals surface area contributed by atoms with Crippen molar-refractivity contribution >= 4 is 46.4 Å². The third-order valence-corrected chi connectivity index (χ3v) is 5.94. The quantitative estimate of drug-likeness (QED) is 0.725. The van der Waals surface area contributed by atoms with Crippen LogP contribution in [0.4, 0.5) is 5.69 Å². The van der Waals surface area contributed by atoms with Gasteiger partial charge in [0.1, 0.15) is 12.2 Å². The second kappa shape index (κ2) is 9.23. The van der Waals surface area contributed by atoms with E-state index in [-0.39, 0.29) is 11.9 Å². The lowest BCUT2D eigenvalue weighted by Gasteiger charge is -2.32. The van der Waals surface area contributed by atoms with Gasteiger partial charge in [0, 0.05) is 41.4 Å². The molecule has 152 valence electrons. The largest absolute Gasteiger partial charge is 0.384 e. The van der Waals surface area contributed by atoms with Crippen LogP contribution < -0.4 is 4.90 Å². The number of nitriles is 1. The first kappa shape index (κ1) is 21.7. The van der Waals surface area contributed by atoms with Crippen LogP contribution in [0, 0.1) is 11.3 Å². The average molecular weight is 453 g/mol. The highest BCUT2D eigenvalue weighted by molar-refractivity contribution is 6.33. The maximum absolute atomic E-state index is 12.2.